The fourth-order valence-electron chi connectivity index (χ4n) is 2.62. The fraction of sp³-hybridized carbons (Fsp3) is 0.333. The quantitative estimate of drug-likeness (QED) is 0.608. The predicted octanol–water partition coefficient (Wildman–Crippen LogP) is 3.19. The first kappa shape index (κ1) is 21.1. The molecule has 28 heavy (non-hydrogen) atoms. The third kappa shape index (κ3) is 5.90. The number of ether oxygens (including phenoxy) is 3. The number of carbonyl (C=O) groups is 2. The van der Waals surface area contributed by atoms with Crippen molar-refractivity contribution in [2.75, 3.05) is 20.8 Å². The normalized spacial score (nSPS) is 10.2. The number of rotatable bonds is 10. The van der Waals surface area contributed by atoms with Crippen molar-refractivity contribution in [3.8, 4) is 17.2 Å². The molecule has 0 fully saturated rings. The van der Waals surface area contributed by atoms with E-state index in [-0.39, 0.29) is 12.3 Å². The lowest BCUT2D eigenvalue weighted by Gasteiger charge is -2.13. The zero-order valence-corrected chi connectivity index (χ0v) is 16.3. The zero-order valence-electron chi connectivity index (χ0n) is 16.3. The first-order valence-corrected chi connectivity index (χ1v) is 8.89. The molecule has 0 aliphatic heterocycles. The summed E-state index contributed by atoms with van der Waals surface area (Å²) in [4.78, 5) is 22.9. The highest BCUT2D eigenvalue weighted by molar-refractivity contribution is 5.95. The second kappa shape index (κ2) is 10.2. The Morgan fingerprint density at radius 1 is 1.04 bits per heavy atom. The average Bonchev–Trinajstić information content (AvgIpc) is 2.70. The van der Waals surface area contributed by atoms with Gasteiger partial charge in [-0.1, -0.05) is 12.1 Å². The smallest absolute Gasteiger partial charge is 0.303 e. The molecule has 7 heteroatoms. The van der Waals surface area contributed by atoms with E-state index in [1.165, 1.54) is 0 Å². The molecule has 0 aliphatic rings. The van der Waals surface area contributed by atoms with E-state index in [9.17, 15) is 9.59 Å². The molecule has 0 spiro atoms. The van der Waals surface area contributed by atoms with Crippen molar-refractivity contribution in [3.05, 3.63) is 53.1 Å². The average molecular weight is 387 g/mol. The second-order valence-corrected chi connectivity index (χ2v) is 6.18. The van der Waals surface area contributed by atoms with Crippen molar-refractivity contribution in [2.24, 2.45) is 0 Å². The van der Waals surface area contributed by atoms with Gasteiger partial charge in [0.05, 0.1) is 20.8 Å². The van der Waals surface area contributed by atoms with Gasteiger partial charge in [0.25, 0.3) is 5.91 Å². The number of nitrogens with one attached hydrogen (secondary N) is 1. The van der Waals surface area contributed by atoms with Crippen molar-refractivity contribution in [1.29, 1.82) is 0 Å². The number of aliphatic carboxylic acids is 1. The van der Waals surface area contributed by atoms with E-state index in [2.05, 4.69) is 5.32 Å². The van der Waals surface area contributed by atoms with Gasteiger partial charge in [-0.05, 0) is 43.2 Å². The molecule has 0 atom stereocenters. The zero-order chi connectivity index (χ0) is 20.5. The van der Waals surface area contributed by atoms with E-state index in [0.717, 1.165) is 11.1 Å². The second-order valence-electron chi connectivity index (χ2n) is 6.18. The number of carboxylic acids is 1. The molecule has 0 unspecified atom stereocenters. The van der Waals surface area contributed by atoms with Crippen LogP contribution in [-0.4, -0.2) is 37.8 Å². The van der Waals surface area contributed by atoms with Gasteiger partial charge in [-0.15, -0.1) is 0 Å². The van der Waals surface area contributed by atoms with Gasteiger partial charge in [0, 0.05) is 24.1 Å². The van der Waals surface area contributed by atoms with Crippen LogP contribution in [0.25, 0.3) is 0 Å². The van der Waals surface area contributed by atoms with Crippen LogP contribution in [0.3, 0.4) is 0 Å². The molecule has 0 heterocycles. The molecule has 2 aromatic rings. The molecule has 2 rings (SSSR count). The molecule has 150 valence electrons. The van der Waals surface area contributed by atoms with Crippen LogP contribution in [0.1, 0.15) is 34.3 Å². The molecule has 2 N–H and O–H groups in total. The van der Waals surface area contributed by atoms with Crippen LogP contribution in [0.4, 0.5) is 0 Å². The highest BCUT2D eigenvalue weighted by Crippen LogP contribution is 2.29. The van der Waals surface area contributed by atoms with Crippen molar-refractivity contribution < 1.29 is 28.9 Å². The molecule has 0 aromatic heterocycles. The highest BCUT2D eigenvalue weighted by Gasteiger charge is 2.13. The number of methoxy groups -OCH3 is 2. The first-order chi connectivity index (χ1) is 13.4. The summed E-state index contributed by atoms with van der Waals surface area (Å²) in [7, 11) is 3.10. The topological polar surface area (TPSA) is 94.1 Å². The number of benzene rings is 2. The van der Waals surface area contributed by atoms with Crippen LogP contribution in [0.2, 0.25) is 0 Å². The fourth-order valence-corrected chi connectivity index (χ4v) is 2.62. The van der Waals surface area contributed by atoms with Crippen LogP contribution in [0.5, 0.6) is 17.2 Å². The van der Waals surface area contributed by atoms with E-state index in [4.69, 9.17) is 19.3 Å². The molecule has 0 radical (unpaired) electrons. The van der Waals surface area contributed by atoms with Crippen LogP contribution in [0, 0.1) is 6.92 Å². The third-order valence-electron chi connectivity index (χ3n) is 4.19. The summed E-state index contributed by atoms with van der Waals surface area (Å²) in [6.07, 6.45) is 0.537. The molecule has 7 nitrogen and oxygen atoms in total. The predicted molar refractivity (Wildman–Crippen MR) is 104 cm³/mol. The molecular weight excluding hydrogens is 362 g/mol. The number of carboxylic acid groups (broad SMARTS) is 1. The minimum Gasteiger partial charge on any atom is -0.496 e. The summed E-state index contributed by atoms with van der Waals surface area (Å²) < 4.78 is 16.1. The van der Waals surface area contributed by atoms with Gasteiger partial charge in [0.2, 0.25) is 0 Å². The number of hydrogen-bond acceptors (Lipinski definition) is 5. The lowest BCUT2D eigenvalue weighted by Crippen LogP contribution is -2.23. The standard InChI is InChI=1S/C21H25NO6/c1-14-18(26-2)11-16(12-19(14)27-3)21(25)22-13-15-6-8-17(9-7-15)28-10-4-5-20(23)24/h6-9,11-12H,4-5,10,13H2,1-3H3,(H,22,25)(H,23,24). The Bertz CT molecular complexity index is 791. The number of carbonyl (C=O) groups excluding carboxylic acids is 1. The maximum absolute atomic E-state index is 12.5. The lowest BCUT2D eigenvalue weighted by atomic mass is 10.1. The Kier molecular flexibility index (Phi) is 7.68. The van der Waals surface area contributed by atoms with Crippen LogP contribution >= 0.6 is 0 Å². The maximum atomic E-state index is 12.5. The van der Waals surface area contributed by atoms with Crippen molar-refractivity contribution in [1.82, 2.24) is 5.32 Å². The summed E-state index contributed by atoms with van der Waals surface area (Å²) in [5.41, 5.74) is 2.20. The number of hydrogen-bond donors (Lipinski definition) is 2. The molecule has 0 saturated heterocycles. The van der Waals surface area contributed by atoms with E-state index < -0.39 is 5.97 Å². The SMILES string of the molecule is COc1cc(C(=O)NCc2ccc(OCCCC(=O)O)cc2)cc(OC)c1C. The van der Waals surface area contributed by atoms with Crippen LogP contribution < -0.4 is 19.5 Å². The Morgan fingerprint density at radius 3 is 2.18 bits per heavy atom. The largest absolute Gasteiger partial charge is 0.496 e. The number of amides is 1. The molecular formula is C21H25NO6. The van der Waals surface area contributed by atoms with Gasteiger partial charge in [0.1, 0.15) is 17.2 Å². The highest BCUT2D eigenvalue weighted by atomic mass is 16.5. The van der Waals surface area contributed by atoms with E-state index in [0.29, 0.717) is 42.4 Å². The van der Waals surface area contributed by atoms with Crippen molar-refractivity contribution in [2.45, 2.75) is 26.3 Å². The minimum atomic E-state index is -0.835. The Labute approximate surface area is 164 Å². The van der Waals surface area contributed by atoms with Crippen molar-refractivity contribution >= 4 is 11.9 Å². The monoisotopic (exact) mass is 387 g/mol. The van der Waals surface area contributed by atoms with Crippen LogP contribution in [0.15, 0.2) is 36.4 Å². The summed E-state index contributed by atoms with van der Waals surface area (Å²) in [5.74, 6) is 0.778. The minimum absolute atomic E-state index is 0.0820. The Morgan fingerprint density at radius 2 is 1.64 bits per heavy atom. The maximum Gasteiger partial charge on any atom is 0.303 e. The van der Waals surface area contributed by atoms with Gasteiger partial charge >= 0.3 is 5.97 Å². The van der Waals surface area contributed by atoms with Crippen molar-refractivity contribution in [3.63, 3.8) is 0 Å². The lowest BCUT2D eigenvalue weighted by molar-refractivity contribution is -0.137. The van der Waals surface area contributed by atoms with E-state index in [1.54, 1.807) is 38.5 Å². The van der Waals surface area contributed by atoms with Gasteiger partial charge in [-0.25, -0.2) is 0 Å². The molecule has 0 saturated carbocycles. The summed E-state index contributed by atoms with van der Waals surface area (Å²) in [6.45, 7) is 2.57. The third-order valence-corrected chi connectivity index (χ3v) is 4.19. The van der Waals surface area contributed by atoms with E-state index >= 15 is 0 Å². The molecule has 1 amide bonds. The Hall–Kier alpha value is -3.22. The summed E-state index contributed by atoms with van der Waals surface area (Å²) >= 11 is 0. The van der Waals surface area contributed by atoms with E-state index in [1.807, 2.05) is 19.1 Å². The van der Waals surface area contributed by atoms with Gasteiger partial charge in [-0.3, -0.25) is 9.59 Å². The first-order valence-electron chi connectivity index (χ1n) is 8.89. The molecule has 0 bridgehead atoms. The summed E-state index contributed by atoms with van der Waals surface area (Å²) in [6, 6.07) is 10.6. The van der Waals surface area contributed by atoms with Crippen LogP contribution in [-0.2, 0) is 11.3 Å². The molecule has 2 aromatic carbocycles. The van der Waals surface area contributed by atoms with Gasteiger partial charge in [-0.2, -0.15) is 0 Å². The Balaban J connectivity index is 1.91. The van der Waals surface area contributed by atoms with Gasteiger partial charge < -0.3 is 24.6 Å². The van der Waals surface area contributed by atoms with Gasteiger partial charge in [0.15, 0.2) is 0 Å². The molecule has 0 aliphatic carbocycles. The summed E-state index contributed by atoms with van der Waals surface area (Å²) in [5, 5.41) is 11.5.